The van der Waals surface area contributed by atoms with Crippen molar-refractivity contribution in [3.05, 3.63) is 28.8 Å². The predicted octanol–water partition coefficient (Wildman–Crippen LogP) is 2.74. The van der Waals surface area contributed by atoms with Crippen LogP contribution in [0.1, 0.15) is 32.8 Å². The number of halogens is 1. The first-order valence-corrected chi connectivity index (χ1v) is 7.04. The van der Waals surface area contributed by atoms with Crippen LogP contribution < -0.4 is 15.4 Å². The van der Waals surface area contributed by atoms with Crippen LogP contribution in [0.3, 0.4) is 0 Å². The first-order valence-electron chi connectivity index (χ1n) is 6.66. The van der Waals surface area contributed by atoms with Gasteiger partial charge in [-0.1, -0.05) is 17.7 Å². The van der Waals surface area contributed by atoms with Crippen LogP contribution in [-0.2, 0) is 11.3 Å². The molecule has 0 unspecified atom stereocenters. The van der Waals surface area contributed by atoms with E-state index in [0.29, 0.717) is 30.3 Å². The van der Waals surface area contributed by atoms with Gasteiger partial charge >= 0.3 is 0 Å². The Morgan fingerprint density at radius 3 is 2.65 bits per heavy atom. The van der Waals surface area contributed by atoms with Crippen molar-refractivity contribution in [2.75, 3.05) is 13.7 Å². The van der Waals surface area contributed by atoms with E-state index in [1.165, 1.54) is 0 Å². The normalized spacial score (nSPS) is 11.2. The van der Waals surface area contributed by atoms with Crippen LogP contribution in [0, 0.1) is 0 Å². The van der Waals surface area contributed by atoms with Crippen molar-refractivity contribution in [1.82, 2.24) is 10.6 Å². The summed E-state index contributed by atoms with van der Waals surface area (Å²) in [5.74, 6) is 0.675. The molecule has 4 nitrogen and oxygen atoms in total. The Kier molecular flexibility index (Phi) is 6.30. The maximum Gasteiger partial charge on any atom is 0.221 e. The minimum atomic E-state index is -0.0104. The summed E-state index contributed by atoms with van der Waals surface area (Å²) in [6.07, 6.45) is 0.435. The zero-order chi connectivity index (χ0) is 15.2. The molecule has 0 bridgehead atoms. The van der Waals surface area contributed by atoms with E-state index in [2.05, 4.69) is 31.4 Å². The van der Waals surface area contributed by atoms with Gasteiger partial charge in [0.1, 0.15) is 5.75 Å². The van der Waals surface area contributed by atoms with Crippen molar-refractivity contribution in [3.63, 3.8) is 0 Å². The van der Waals surface area contributed by atoms with Crippen LogP contribution in [-0.4, -0.2) is 25.1 Å². The van der Waals surface area contributed by atoms with Crippen molar-refractivity contribution in [1.29, 1.82) is 0 Å². The molecule has 0 fully saturated rings. The first kappa shape index (κ1) is 16.8. The fraction of sp³-hybridized carbons (Fsp3) is 0.533. The maximum atomic E-state index is 11.8. The van der Waals surface area contributed by atoms with Crippen LogP contribution in [0.2, 0.25) is 5.02 Å². The van der Waals surface area contributed by atoms with Crippen LogP contribution in [0.5, 0.6) is 5.75 Å². The summed E-state index contributed by atoms with van der Waals surface area (Å²) >= 11 is 6.11. The van der Waals surface area contributed by atoms with Crippen LogP contribution in [0.4, 0.5) is 0 Å². The molecule has 0 radical (unpaired) electrons. The van der Waals surface area contributed by atoms with Gasteiger partial charge in [-0.15, -0.1) is 0 Å². The van der Waals surface area contributed by atoms with E-state index < -0.39 is 0 Å². The zero-order valence-electron chi connectivity index (χ0n) is 12.5. The lowest BCUT2D eigenvalue weighted by molar-refractivity contribution is -0.121. The molecule has 5 heteroatoms. The highest BCUT2D eigenvalue weighted by atomic mass is 35.5. The van der Waals surface area contributed by atoms with E-state index in [-0.39, 0.29) is 11.4 Å². The van der Waals surface area contributed by atoms with Gasteiger partial charge in [0, 0.05) is 35.6 Å². The van der Waals surface area contributed by atoms with Crippen molar-refractivity contribution in [3.8, 4) is 5.75 Å². The Balaban J connectivity index is 2.45. The predicted molar refractivity (Wildman–Crippen MR) is 82.2 cm³/mol. The van der Waals surface area contributed by atoms with E-state index in [4.69, 9.17) is 16.3 Å². The molecule has 0 aliphatic rings. The van der Waals surface area contributed by atoms with Crippen molar-refractivity contribution in [2.45, 2.75) is 39.3 Å². The molecule has 20 heavy (non-hydrogen) atoms. The molecular weight excluding hydrogens is 276 g/mol. The van der Waals surface area contributed by atoms with Gasteiger partial charge in [-0.25, -0.2) is 0 Å². The molecule has 0 aliphatic carbocycles. The summed E-state index contributed by atoms with van der Waals surface area (Å²) in [4.78, 5) is 11.8. The number of rotatable bonds is 6. The number of benzene rings is 1. The lowest BCUT2D eigenvalue weighted by atomic mass is 10.1. The van der Waals surface area contributed by atoms with E-state index in [1.54, 1.807) is 13.2 Å². The second kappa shape index (κ2) is 7.50. The minimum Gasteiger partial charge on any atom is -0.496 e. The number of methoxy groups -OCH3 is 1. The van der Waals surface area contributed by atoms with E-state index in [0.717, 1.165) is 5.56 Å². The summed E-state index contributed by atoms with van der Waals surface area (Å²) < 4.78 is 5.24. The van der Waals surface area contributed by atoms with Gasteiger partial charge in [0.25, 0.3) is 0 Å². The quantitative estimate of drug-likeness (QED) is 0.849. The van der Waals surface area contributed by atoms with Crippen molar-refractivity contribution < 1.29 is 9.53 Å². The smallest absolute Gasteiger partial charge is 0.221 e. The van der Waals surface area contributed by atoms with Gasteiger partial charge < -0.3 is 15.4 Å². The molecule has 0 heterocycles. The van der Waals surface area contributed by atoms with Crippen LogP contribution >= 0.6 is 11.6 Å². The highest BCUT2D eigenvalue weighted by Gasteiger charge is 2.11. The summed E-state index contributed by atoms with van der Waals surface area (Å²) in [6.45, 7) is 7.23. The highest BCUT2D eigenvalue weighted by molar-refractivity contribution is 6.31. The number of nitrogens with one attached hydrogen (secondary N) is 2. The fourth-order valence-corrected chi connectivity index (χ4v) is 1.96. The Hall–Kier alpha value is -1.26. The van der Waals surface area contributed by atoms with Gasteiger partial charge in [-0.05, 0) is 32.9 Å². The molecule has 0 saturated heterocycles. The van der Waals surface area contributed by atoms with E-state index in [1.807, 2.05) is 12.1 Å². The van der Waals surface area contributed by atoms with Gasteiger partial charge in [0.05, 0.1) is 7.11 Å². The van der Waals surface area contributed by atoms with Crippen molar-refractivity contribution in [2.24, 2.45) is 0 Å². The molecule has 0 aromatic heterocycles. The highest BCUT2D eigenvalue weighted by Crippen LogP contribution is 2.25. The summed E-state index contributed by atoms with van der Waals surface area (Å²) in [7, 11) is 1.59. The van der Waals surface area contributed by atoms with Gasteiger partial charge in [-0.3, -0.25) is 4.79 Å². The molecule has 2 N–H and O–H groups in total. The third kappa shape index (κ3) is 5.80. The van der Waals surface area contributed by atoms with Gasteiger partial charge in [-0.2, -0.15) is 0 Å². The third-order valence-corrected chi connectivity index (χ3v) is 3.12. The Bertz CT molecular complexity index is 456. The molecule has 0 spiro atoms. The second-order valence-corrected chi connectivity index (χ2v) is 6.03. The lowest BCUT2D eigenvalue weighted by Gasteiger charge is -2.20. The Labute approximate surface area is 125 Å². The monoisotopic (exact) mass is 298 g/mol. The maximum absolute atomic E-state index is 11.8. The standard InChI is InChI=1S/C15H23ClN2O2/c1-15(2,3)18-9-8-14(19)17-10-11-12(16)6-5-7-13(11)20-4/h5-7,18H,8-10H2,1-4H3,(H,17,19). The molecule has 0 aliphatic heterocycles. The van der Waals surface area contributed by atoms with Crippen LogP contribution in [0.15, 0.2) is 18.2 Å². The third-order valence-electron chi connectivity index (χ3n) is 2.77. The number of amides is 1. The molecule has 1 aromatic carbocycles. The average Bonchev–Trinajstić information content (AvgIpc) is 2.35. The first-order chi connectivity index (χ1) is 9.33. The SMILES string of the molecule is COc1cccc(Cl)c1CNC(=O)CCNC(C)(C)C. The fourth-order valence-electron chi connectivity index (χ4n) is 1.73. The number of hydrogen-bond donors (Lipinski definition) is 2. The number of hydrogen-bond acceptors (Lipinski definition) is 3. The Morgan fingerprint density at radius 2 is 2.05 bits per heavy atom. The molecule has 1 rings (SSSR count). The zero-order valence-corrected chi connectivity index (χ0v) is 13.3. The molecule has 0 saturated carbocycles. The summed E-state index contributed by atoms with van der Waals surface area (Å²) in [5, 5.41) is 6.73. The summed E-state index contributed by atoms with van der Waals surface area (Å²) in [5.41, 5.74) is 0.820. The topological polar surface area (TPSA) is 50.4 Å². The molecule has 1 amide bonds. The van der Waals surface area contributed by atoms with E-state index >= 15 is 0 Å². The molecular formula is C15H23ClN2O2. The molecule has 0 atom stereocenters. The number of carbonyl (C=O) groups is 1. The summed E-state index contributed by atoms with van der Waals surface area (Å²) in [6, 6.07) is 5.43. The molecule has 1 aromatic rings. The Morgan fingerprint density at radius 1 is 1.35 bits per heavy atom. The number of carbonyl (C=O) groups excluding carboxylic acids is 1. The number of ether oxygens (including phenoxy) is 1. The molecule has 112 valence electrons. The van der Waals surface area contributed by atoms with E-state index in [9.17, 15) is 4.79 Å². The van der Waals surface area contributed by atoms with Gasteiger partial charge in [0.2, 0.25) is 5.91 Å². The van der Waals surface area contributed by atoms with Crippen molar-refractivity contribution >= 4 is 17.5 Å². The average molecular weight is 299 g/mol. The largest absolute Gasteiger partial charge is 0.496 e. The van der Waals surface area contributed by atoms with Crippen LogP contribution in [0.25, 0.3) is 0 Å². The van der Waals surface area contributed by atoms with Gasteiger partial charge in [0.15, 0.2) is 0 Å². The minimum absolute atomic E-state index is 0.0104. The lowest BCUT2D eigenvalue weighted by Crippen LogP contribution is -2.38. The second-order valence-electron chi connectivity index (χ2n) is 5.62.